The van der Waals surface area contributed by atoms with Gasteiger partial charge in [0.2, 0.25) is 11.8 Å². The number of esters is 1. The van der Waals surface area contributed by atoms with Gasteiger partial charge in [0, 0.05) is 18.0 Å². The van der Waals surface area contributed by atoms with Crippen molar-refractivity contribution in [1.29, 1.82) is 0 Å². The predicted octanol–water partition coefficient (Wildman–Crippen LogP) is 2.00. The fourth-order valence-corrected chi connectivity index (χ4v) is 3.22. The van der Waals surface area contributed by atoms with Crippen molar-refractivity contribution in [3.05, 3.63) is 41.0 Å². The highest BCUT2D eigenvalue weighted by atomic mass is 32.1. The van der Waals surface area contributed by atoms with Gasteiger partial charge in [-0.1, -0.05) is 12.1 Å². The monoisotopic (exact) mass is 393 g/mol. The second kappa shape index (κ2) is 9.79. The van der Waals surface area contributed by atoms with Crippen LogP contribution in [0.4, 0.5) is 9.39 Å². The first-order chi connectivity index (χ1) is 13.0. The number of amides is 2. The van der Waals surface area contributed by atoms with E-state index in [1.165, 1.54) is 30.5 Å². The number of hydrogen-bond acceptors (Lipinski definition) is 6. The second-order valence-corrected chi connectivity index (χ2v) is 6.29. The molecule has 2 aromatic rings. The van der Waals surface area contributed by atoms with E-state index in [9.17, 15) is 18.8 Å². The molecule has 0 spiro atoms. The van der Waals surface area contributed by atoms with Gasteiger partial charge in [-0.3, -0.25) is 14.9 Å². The number of thiophene rings is 1. The molecule has 0 saturated heterocycles. The van der Waals surface area contributed by atoms with E-state index in [0.29, 0.717) is 16.1 Å². The van der Waals surface area contributed by atoms with Crippen molar-refractivity contribution in [2.24, 2.45) is 0 Å². The van der Waals surface area contributed by atoms with Crippen LogP contribution in [0.25, 0.3) is 11.1 Å². The van der Waals surface area contributed by atoms with Gasteiger partial charge in [-0.2, -0.15) is 0 Å². The predicted molar refractivity (Wildman–Crippen MR) is 101 cm³/mol. The number of carbonyl (C=O) groups excluding carboxylic acids is 3. The van der Waals surface area contributed by atoms with E-state index in [-0.39, 0.29) is 37.0 Å². The summed E-state index contributed by atoms with van der Waals surface area (Å²) in [6.45, 7) is 1.76. The first kappa shape index (κ1) is 20.5. The number of carbonyl (C=O) groups is 3. The maximum atomic E-state index is 13.2. The lowest BCUT2D eigenvalue weighted by Crippen LogP contribution is -2.36. The smallest absolute Gasteiger partial charge is 0.341 e. The van der Waals surface area contributed by atoms with Crippen molar-refractivity contribution >= 4 is 34.1 Å². The second-order valence-electron chi connectivity index (χ2n) is 5.41. The third kappa shape index (κ3) is 5.60. The Hall–Kier alpha value is -2.78. The van der Waals surface area contributed by atoms with Gasteiger partial charge >= 0.3 is 5.97 Å². The Morgan fingerprint density at radius 2 is 1.78 bits per heavy atom. The van der Waals surface area contributed by atoms with Crippen molar-refractivity contribution in [2.45, 2.75) is 6.92 Å². The largest absolute Gasteiger partial charge is 0.462 e. The summed E-state index contributed by atoms with van der Waals surface area (Å²) in [6, 6.07) is 5.69. The quantitative estimate of drug-likeness (QED) is 0.596. The number of hydrogen-bond donors (Lipinski definition) is 3. The van der Waals surface area contributed by atoms with Gasteiger partial charge in [-0.15, -0.1) is 11.3 Å². The number of nitrogens with one attached hydrogen (secondary N) is 3. The van der Waals surface area contributed by atoms with Gasteiger partial charge in [0.15, 0.2) is 0 Å². The third-order valence-electron chi connectivity index (χ3n) is 3.53. The summed E-state index contributed by atoms with van der Waals surface area (Å²) in [4.78, 5) is 35.7. The van der Waals surface area contributed by atoms with Gasteiger partial charge < -0.3 is 15.4 Å². The Bertz CT molecular complexity index is 821. The minimum absolute atomic E-state index is 0.0000759. The number of benzene rings is 1. The van der Waals surface area contributed by atoms with Crippen molar-refractivity contribution in [3.63, 3.8) is 0 Å². The average molecular weight is 393 g/mol. The maximum absolute atomic E-state index is 13.2. The Labute approximate surface area is 159 Å². The molecule has 0 aliphatic rings. The molecule has 9 heteroatoms. The highest BCUT2D eigenvalue weighted by Gasteiger charge is 2.22. The number of anilines is 1. The lowest BCUT2D eigenvalue weighted by Gasteiger charge is -2.09. The van der Waals surface area contributed by atoms with Crippen molar-refractivity contribution in [3.8, 4) is 11.1 Å². The first-order valence-electron chi connectivity index (χ1n) is 8.22. The first-order valence-corrected chi connectivity index (χ1v) is 9.09. The van der Waals surface area contributed by atoms with Crippen LogP contribution in [0.2, 0.25) is 0 Å². The van der Waals surface area contributed by atoms with E-state index >= 15 is 0 Å². The number of ether oxygens (including phenoxy) is 1. The summed E-state index contributed by atoms with van der Waals surface area (Å²) in [7, 11) is 1.50. The molecule has 0 bridgehead atoms. The molecular weight excluding hydrogens is 373 g/mol. The minimum Gasteiger partial charge on any atom is -0.462 e. The van der Waals surface area contributed by atoms with Gasteiger partial charge in [0.1, 0.15) is 16.4 Å². The van der Waals surface area contributed by atoms with E-state index in [1.54, 1.807) is 24.4 Å². The Morgan fingerprint density at radius 3 is 2.41 bits per heavy atom. The fraction of sp³-hybridized carbons (Fsp3) is 0.278. The molecule has 144 valence electrons. The highest BCUT2D eigenvalue weighted by molar-refractivity contribution is 7.15. The maximum Gasteiger partial charge on any atom is 0.341 e. The van der Waals surface area contributed by atoms with E-state index < -0.39 is 11.9 Å². The molecule has 0 radical (unpaired) electrons. The van der Waals surface area contributed by atoms with Crippen LogP contribution in [-0.2, 0) is 14.3 Å². The Balaban J connectivity index is 2.20. The van der Waals surface area contributed by atoms with Crippen LogP contribution < -0.4 is 16.0 Å². The van der Waals surface area contributed by atoms with Crippen molar-refractivity contribution in [2.75, 3.05) is 32.1 Å². The zero-order chi connectivity index (χ0) is 19.8. The van der Waals surface area contributed by atoms with E-state index in [2.05, 4.69) is 16.0 Å². The molecule has 1 heterocycles. The summed E-state index contributed by atoms with van der Waals surface area (Å²) in [5.74, 6) is -1.62. The van der Waals surface area contributed by atoms with Crippen molar-refractivity contribution in [1.82, 2.24) is 10.6 Å². The summed E-state index contributed by atoms with van der Waals surface area (Å²) in [6.07, 6.45) is 0. The molecule has 0 aliphatic carbocycles. The highest BCUT2D eigenvalue weighted by Crippen LogP contribution is 2.36. The summed E-state index contributed by atoms with van der Waals surface area (Å²) in [5.41, 5.74) is 1.40. The van der Waals surface area contributed by atoms with Crippen molar-refractivity contribution < 1.29 is 23.5 Å². The molecule has 3 N–H and O–H groups in total. The summed E-state index contributed by atoms with van der Waals surface area (Å²) < 4.78 is 18.3. The number of halogens is 1. The van der Waals surface area contributed by atoms with Crippen LogP contribution in [-0.4, -0.2) is 44.5 Å². The zero-order valence-corrected chi connectivity index (χ0v) is 15.7. The van der Waals surface area contributed by atoms with Crippen LogP contribution in [0.5, 0.6) is 0 Å². The number of likely N-dealkylation sites (N-methyl/N-ethyl adjacent to an activating group) is 1. The molecule has 1 aromatic heterocycles. The molecule has 2 rings (SSSR count). The fourth-order valence-electron chi connectivity index (χ4n) is 2.25. The van der Waals surface area contributed by atoms with E-state index in [4.69, 9.17) is 4.74 Å². The molecule has 27 heavy (non-hydrogen) atoms. The van der Waals surface area contributed by atoms with Crippen LogP contribution >= 0.6 is 11.3 Å². The normalized spacial score (nSPS) is 10.3. The van der Waals surface area contributed by atoms with E-state index in [0.717, 1.165) is 0 Å². The molecular formula is C18H20FN3O4S. The van der Waals surface area contributed by atoms with Crippen LogP contribution in [0, 0.1) is 5.82 Å². The topological polar surface area (TPSA) is 96.5 Å². The molecule has 0 aliphatic heterocycles. The van der Waals surface area contributed by atoms with Crippen LogP contribution in [0.1, 0.15) is 17.3 Å². The van der Waals surface area contributed by atoms with Crippen LogP contribution in [0.15, 0.2) is 29.6 Å². The molecule has 0 fully saturated rings. The summed E-state index contributed by atoms with van der Waals surface area (Å²) in [5, 5.41) is 9.82. The van der Waals surface area contributed by atoms with Crippen LogP contribution in [0.3, 0.4) is 0 Å². The SMILES string of the molecule is CCOC(=O)c1c(-c2ccc(F)cc2)csc1NC(=O)CNCC(=O)NC. The molecule has 0 saturated carbocycles. The van der Waals surface area contributed by atoms with Gasteiger partial charge in [-0.25, -0.2) is 9.18 Å². The average Bonchev–Trinajstić information content (AvgIpc) is 3.05. The van der Waals surface area contributed by atoms with Gasteiger partial charge in [0.05, 0.1) is 19.7 Å². The van der Waals surface area contributed by atoms with Gasteiger partial charge in [-0.05, 0) is 24.6 Å². The molecule has 2 amide bonds. The molecule has 0 unspecified atom stereocenters. The lowest BCUT2D eigenvalue weighted by atomic mass is 10.0. The standard InChI is InChI=1S/C18H20FN3O4S/c1-3-26-18(25)16-13(11-4-6-12(19)7-5-11)10-27-17(16)22-15(24)9-21-8-14(23)20-2/h4-7,10,21H,3,8-9H2,1-2H3,(H,20,23)(H,22,24). The molecule has 0 atom stereocenters. The van der Waals surface area contributed by atoms with Gasteiger partial charge in [0.25, 0.3) is 0 Å². The third-order valence-corrected chi connectivity index (χ3v) is 4.42. The van der Waals surface area contributed by atoms with E-state index in [1.807, 2.05) is 0 Å². The zero-order valence-electron chi connectivity index (χ0n) is 14.9. The molecule has 7 nitrogen and oxygen atoms in total. The number of rotatable bonds is 8. The Kier molecular flexibility index (Phi) is 7.44. The Morgan fingerprint density at radius 1 is 1.11 bits per heavy atom. The lowest BCUT2D eigenvalue weighted by molar-refractivity contribution is -0.120. The molecule has 1 aromatic carbocycles. The minimum atomic E-state index is -0.577. The summed E-state index contributed by atoms with van der Waals surface area (Å²) >= 11 is 1.17.